The monoisotopic (exact) mass is 346 g/mol. The van der Waals surface area contributed by atoms with E-state index in [2.05, 4.69) is 16.0 Å². The van der Waals surface area contributed by atoms with E-state index >= 15 is 0 Å². The number of carbonyl (C=O) groups excluding carboxylic acids is 3. The number of hydrogen-bond donors (Lipinski definition) is 6. The van der Waals surface area contributed by atoms with Crippen molar-refractivity contribution in [3.8, 4) is 0 Å². The number of nitrogens with two attached hydrogens (primary N) is 1. The van der Waals surface area contributed by atoms with Gasteiger partial charge in [0.05, 0.1) is 13.2 Å². The fourth-order valence-corrected chi connectivity index (χ4v) is 1.82. The summed E-state index contributed by atoms with van der Waals surface area (Å²) < 4.78 is 0. The predicted octanol–water partition coefficient (Wildman–Crippen LogP) is -2.46. The Labute approximate surface area is 140 Å². The molecule has 0 aromatic heterocycles. The third-order valence-corrected chi connectivity index (χ3v) is 3.09. The van der Waals surface area contributed by atoms with Crippen LogP contribution in [0.3, 0.4) is 0 Å². The summed E-state index contributed by atoms with van der Waals surface area (Å²) >= 11 is 0. The van der Waals surface area contributed by atoms with Crippen LogP contribution >= 0.6 is 0 Å². The van der Waals surface area contributed by atoms with Gasteiger partial charge in [-0.15, -0.1) is 0 Å². The van der Waals surface area contributed by atoms with E-state index in [0.717, 1.165) is 0 Å². The number of aliphatic hydroxyl groups is 1. The molecule has 0 aliphatic rings. The first-order valence-corrected chi connectivity index (χ1v) is 7.56. The van der Waals surface area contributed by atoms with E-state index in [1.807, 2.05) is 0 Å². The molecule has 10 nitrogen and oxygen atoms in total. The number of aliphatic hydroxyl groups excluding tert-OH is 1. The Bertz CT molecular complexity index is 468. The minimum atomic E-state index is -1.33. The maximum absolute atomic E-state index is 12.1. The first-order chi connectivity index (χ1) is 11.1. The molecule has 0 heterocycles. The Morgan fingerprint density at radius 2 is 1.50 bits per heavy atom. The van der Waals surface area contributed by atoms with Crippen LogP contribution in [0.25, 0.3) is 0 Å². The molecule has 138 valence electrons. The van der Waals surface area contributed by atoms with Crippen LogP contribution in [-0.2, 0) is 19.2 Å². The highest BCUT2D eigenvalue weighted by Gasteiger charge is 2.28. The number of aliphatic carboxylic acids is 1. The summed E-state index contributed by atoms with van der Waals surface area (Å²) in [6.07, 6.45) is 0.204. The van der Waals surface area contributed by atoms with Gasteiger partial charge in [0.2, 0.25) is 17.7 Å². The summed E-state index contributed by atoms with van der Waals surface area (Å²) in [5, 5.41) is 25.2. The first-order valence-electron chi connectivity index (χ1n) is 7.56. The summed E-state index contributed by atoms with van der Waals surface area (Å²) in [7, 11) is 0. The van der Waals surface area contributed by atoms with E-state index in [4.69, 9.17) is 10.8 Å². The first kappa shape index (κ1) is 21.8. The zero-order valence-electron chi connectivity index (χ0n) is 14.0. The van der Waals surface area contributed by atoms with E-state index in [1.165, 1.54) is 6.92 Å². The van der Waals surface area contributed by atoms with Gasteiger partial charge < -0.3 is 31.9 Å². The van der Waals surface area contributed by atoms with Gasteiger partial charge in [0.15, 0.2) is 0 Å². The summed E-state index contributed by atoms with van der Waals surface area (Å²) in [5.41, 5.74) is 5.12. The maximum atomic E-state index is 12.1. The topological polar surface area (TPSA) is 171 Å². The van der Waals surface area contributed by atoms with Crippen molar-refractivity contribution in [3.05, 3.63) is 0 Å². The van der Waals surface area contributed by atoms with Crippen molar-refractivity contribution in [2.75, 3.05) is 13.2 Å². The second-order valence-corrected chi connectivity index (χ2v) is 5.77. The number of hydrogen-bond acceptors (Lipinski definition) is 6. The smallest absolute Gasteiger partial charge is 0.326 e. The van der Waals surface area contributed by atoms with E-state index in [1.54, 1.807) is 13.8 Å². The zero-order chi connectivity index (χ0) is 18.9. The fourth-order valence-electron chi connectivity index (χ4n) is 1.82. The molecular weight excluding hydrogens is 320 g/mol. The molecule has 0 unspecified atom stereocenters. The lowest BCUT2D eigenvalue weighted by molar-refractivity contribution is -0.143. The molecule has 0 saturated carbocycles. The van der Waals surface area contributed by atoms with E-state index in [0.29, 0.717) is 0 Å². The number of nitrogens with one attached hydrogen (secondary N) is 3. The van der Waals surface area contributed by atoms with Crippen LogP contribution in [0.1, 0.15) is 27.2 Å². The quantitative estimate of drug-likeness (QED) is 0.255. The van der Waals surface area contributed by atoms with Crippen LogP contribution in [-0.4, -0.2) is 65.2 Å². The number of carbonyl (C=O) groups is 4. The molecular formula is C14H26N4O6. The Hall–Kier alpha value is -2.20. The van der Waals surface area contributed by atoms with Crippen molar-refractivity contribution < 1.29 is 29.4 Å². The largest absolute Gasteiger partial charge is 0.480 e. The summed E-state index contributed by atoms with van der Waals surface area (Å²) in [5.74, 6) is -3.26. The normalized spacial score (nSPS) is 14.4. The maximum Gasteiger partial charge on any atom is 0.326 e. The minimum Gasteiger partial charge on any atom is -0.480 e. The molecule has 0 bridgehead atoms. The van der Waals surface area contributed by atoms with E-state index < -0.39 is 48.4 Å². The van der Waals surface area contributed by atoms with Gasteiger partial charge in [-0.2, -0.15) is 0 Å². The van der Waals surface area contributed by atoms with Gasteiger partial charge in [0.25, 0.3) is 0 Å². The molecule has 0 aliphatic heterocycles. The lowest BCUT2D eigenvalue weighted by atomic mass is 10.0. The average molecular weight is 346 g/mol. The summed E-state index contributed by atoms with van der Waals surface area (Å²) in [6.45, 7) is 3.97. The van der Waals surface area contributed by atoms with Crippen molar-refractivity contribution in [1.29, 1.82) is 0 Å². The molecule has 24 heavy (non-hydrogen) atoms. The molecule has 3 atom stereocenters. The van der Waals surface area contributed by atoms with Gasteiger partial charge in [-0.1, -0.05) is 13.8 Å². The highest BCUT2D eigenvalue weighted by atomic mass is 16.4. The van der Waals surface area contributed by atoms with E-state index in [9.17, 15) is 24.3 Å². The number of carboxylic acid groups (broad SMARTS) is 1. The number of rotatable bonds is 10. The Balaban J connectivity index is 4.76. The van der Waals surface area contributed by atoms with Crippen LogP contribution in [0.15, 0.2) is 0 Å². The highest BCUT2D eigenvalue weighted by molar-refractivity contribution is 5.93. The van der Waals surface area contributed by atoms with Crippen molar-refractivity contribution in [3.63, 3.8) is 0 Å². The molecule has 3 amide bonds. The highest BCUT2D eigenvalue weighted by Crippen LogP contribution is 2.05. The van der Waals surface area contributed by atoms with Gasteiger partial charge in [0.1, 0.15) is 18.1 Å². The molecule has 0 fully saturated rings. The van der Waals surface area contributed by atoms with Gasteiger partial charge >= 0.3 is 5.97 Å². The van der Waals surface area contributed by atoms with Gasteiger partial charge in [-0.25, -0.2) is 4.79 Å². The van der Waals surface area contributed by atoms with Gasteiger partial charge in [-0.3, -0.25) is 14.4 Å². The second kappa shape index (κ2) is 10.6. The molecule has 0 aromatic carbocycles. The van der Waals surface area contributed by atoms with Crippen molar-refractivity contribution in [2.45, 2.75) is 45.3 Å². The van der Waals surface area contributed by atoms with E-state index in [-0.39, 0.29) is 18.9 Å². The molecule has 0 spiro atoms. The number of amides is 3. The molecule has 0 aromatic rings. The van der Waals surface area contributed by atoms with Crippen molar-refractivity contribution in [1.82, 2.24) is 16.0 Å². The molecule has 0 saturated heterocycles. The summed E-state index contributed by atoms with van der Waals surface area (Å²) in [6, 6.07) is -3.42. The van der Waals surface area contributed by atoms with Crippen LogP contribution in [0, 0.1) is 5.92 Å². The van der Waals surface area contributed by atoms with Gasteiger partial charge in [-0.05, 0) is 19.3 Å². The third-order valence-electron chi connectivity index (χ3n) is 3.09. The fraction of sp³-hybridized carbons (Fsp3) is 0.714. The van der Waals surface area contributed by atoms with Crippen LogP contribution in [0.4, 0.5) is 0 Å². The second-order valence-electron chi connectivity index (χ2n) is 5.77. The van der Waals surface area contributed by atoms with Crippen LogP contribution in [0.5, 0.6) is 0 Å². The lowest BCUT2D eigenvalue weighted by Crippen LogP contribution is -2.56. The molecule has 0 rings (SSSR count). The van der Waals surface area contributed by atoms with Crippen molar-refractivity contribution in [2.24, 2.45) is 11.7 Å². The average Bonchev–Trinajstić information content (AvgIpc) is 2.50. The van der Waals surface area contributed by atoms with Crippen LogP contribution in [0.2, 0.25) is 0 Å². The van der Waals surface area contributed by atoms with Crippen molar-refractivity contribution >= 4 is 23.7 Å². The standard InChI is InChI=1S/C14H26N4O6/c1-7(2)4-9(14(23)24)17-13(22)10(6-19)18-12(21)8(3)16-11(20)5-15/h7-10,19H,4-6,15H2,1-3H3,(H,16,20)(H,17,22)(H,18,21)(H,23,24)/t8-,9-,10-/m0/s1. The minimum absolute atomic E-state index is 0.0278. The summed E-state index contributed by atoms with van der Waals surface area (Å²) in [4.78, 5) is 46.2. The molecule has 0 aliphatic carbocycles. The van der Waals surface area contributed by atoms with Gasteiger partial charge in [0, 0.05) is 0 Å². The Morgan fingerprint density at radius 3 is 1.92 bits per heavy atom. The Morgan fingerprint density at radius 1 is 0.958 bits per heavy atom. The molecule has 10 heteroatoms. The SMILES string of the molecule is CC(C)C[C@H](NC(=O)[C@H](CO)NC(=O)[C@H](C)NC(=O)CN)C(=O)O. The lowest BCUT2D eigenvalue weighted by Gasteiger charge is -2.22. The molecule has 7 N–H and O–H groups in total. The third kappa shape index (κ3) is 7.88. The predicted molar refractivity (Wildman–Crippen MR) is 84.7 cm³/mol. The number of carboxylic acids is 1. The zero-order valence-corrected chi connectivity index (χ0v) is 14.0. The van der Waals surface area contributed by atoms with Crippen LogP contribution < -0.4 is 21.7 Å². The Kier molecular flexibility index (Phi) is 9.58. The molecule has 0 radical (unpaired) electrons.